The summed E-state index contributed by atoms with van der Waals surface area (Å²) in [6.45, 7) is 0. The molecule has 4 rings (SSSR count). The predicted molar refractivity (Wildman–Crippen MR) is 106 cm³/mol. The molecule has 0 bridgehead atoms. The molecule has 2 nitrogen and oxygen atoms in total. The van der Waals surface area contributed by atoms with Gasteiger partial charge in [-0.25, -0.2) is 9.97 Å². The van der Waals surface area contributed by atoms with E-state index < -0.39 is 0 Å². The van der Waals surface area contributed by atoms with E-state index >= 15 is 0 Å². The van der Waals surface area contributed by atoms with E-state index in [0.717, 1.165) is 32.6 Å². The molecule has 0 aliphatic heterocycles. The molecule has 1 aromatic heterocycles. The average molecular weight is 387 g/mol. The van der Waals surface area contributed by atoms with Crippen molar-refractivity contribution in [2.75, 3.05) is 0 Å². The molecular weight excluding hydrogens is 372 g/mol. The first-order valence-electron chi connectivity index (χ1n) is 8.03. The van der Waals surface area contributed by atoms with Crippen molar-refractivity contribution in [3.63, 3.8) is 0 Å². The highest BCUT2D eigenvalue weighted by molar-refractivity contribution is 9.10. The lowest BCUT2D eigenvalue weighted by molar-refractivity contribution is 1.18. The maximum absolute atomic E-state index is 4.41. The van der Waals surface area contributed by atoms with Crippen LogP contribution in [0.1, 0.15) is 0 Å². The van der Waals surface area contributed by atoms with Crippen molar-refractivity contribution < 1.29 is 0 Å². The summed E-state index contributed by atoms with van der Waals surface area (Å²) in [7, 11) is 0. The van der Waals surface area contributed by atoms with E-state index in [-0.39, 0.29) is 0 Å². The quantitative estimate of drug-likeness (QED) is 0.416. The van der Waals surface area contributed by atoms with Gasteiger partial charge in [-0.05, 0) is 58.7 Å². The van der Waals surface area contributed by atoms with Gasteiger partial charge in [0.25, 0.3) is 0 Å². The highest BCUT2D eigenvalue weighted by Gasteiger charge is 2.08. The lowest BCUT2D eigenvalue weighted by Gasteiger charge is -2.10. The maximum atomic E-state index is 4.41. The molecule has 0 saturated heterocycles. The molecule has 0 aliphatic carbocycles. The van der Waals surface area contributed by atoms with Crippen molar-refractivity contribution in [3.8, 4) is 33.6 Å². The number of hydrogen-bond donors (Lipinski definition) is 0. The van der Waals surface area contributed by atoms with Gasteiger partial charge in [0.2, 0.25) is 0 Å². The zero-order valence-electron chi connectivity index (χ0n) is 13.4. The van der Waals surface area contributed by atoms with Gasteiger partial charge in [0.1, 0.15) is 0 Å². The third-order valence-corrected chi connectivity index (χ3v) is 4.57. The monoisotopic (exact) mass is 386 g/mol. The molecule has 0 spiro atoms. The molecule has 3 heteroatoms. The molecule has 0 fully saturated rings. The molecule has 4 aromatic rings. The summed E-state index contributed by atoms with van der Waals surface area (Å²) in [6.07, 6.45) is 3.55. The Labute approximate surface area is 155 Å². The van der Waals surface area contributed by atoms with Crippen molar-refractivity contribution in [3.05, 3.63) is 95.7 Å². The number of benzene rings is 3. The van der Waals surface area contributed by atoms with Gasteiger partial charge in [0.05, 0.1) is 0 Å². The van der Waals surface area contributed by atoms with Gasteiger partial charge in [-0.1, -0.05) is 58.4 Å². The fourth-order valence-electron chi connectivity index (χ4n) is 2.81. The van der Waals surface area contributed by atoms with E-state index in [4.69, 9.17) is 0 Å². The SMILES string of the molecule is Brc1ccc(-c2cc(-c3ccccc3)cc(-c3ncccn3)c2)cc1. The fourth-order valence-corrected chi connectivity index (χ4v) is 3.08. The Morgan fingerprint density at radius 3 is 1.72 bits per heavy atom. The first-order chi connectivity index (χ1) is 12.3. The van der Waals surface area contributed by atoms with Crippen molar-refractivity contribution in [2.24, 2.45) is 0 Å². The first kappa shape index (κ1) is 15.7. The van der Waals surface area contributed by atoms with Crippen LogP contribution in [0.3, 0.4) is 0 Å². The summed E-state index contributed by atoms with van der Waals surface area (Å²) >= 11 is 3.50. The van der Waals surface area contributed by atoms with Gasteiger partial charge < -0.3 is 0 Å². The number of halogens is 1. The van der Waals surface area contributed by atoms with Crippen molar-refractivity contribution in [2.45, 2.75) is 0 Å². The van der Waals surface area contributed by atoms with Crippen LogP contribution >= 0.6 is 15.9 Å². The maximum Gasteiger partial charge on any atom is 0.159 e. The lowest BCUT2D eigenvalue weighted by Crippen LogP contribution is -1.90. The van der Waals surface area contributed by atoms with Gasteiger partial charge >= 0.3 is 0 Å². The van der Waals surface area contributed by atoms with Crippen LogP contribution in [0, 0.1) is 0 Å². The molecule has 0 unspecified atom stereocenters. The minimum Gasteiger partial charge on any atom is -0.237 e. The van der Waals surface area contributed by atoms with Crippen LogP contribution < -0.4 is 0 Å². The molecular formula is C22H15BrN2. The molecule has 25 heavy (non-hydrogen) atoms. The summed E-state index contributed by atoms with van der Waals surface area (Å²) < 4.78 is 1.07. The zero-order chi connectivity index (χ0) is 17.1. The van der Waals surface area contributed by atoms with Gasteiger partial charge in [-0.3, -0.25) is 0 Å². The van der Waals surface area contributed by atoms with E-state index in [1.165, 1.54) is 5.56 Å². The number of hydrogen-bond acceptors (Lipinski definition) is 2. The van der Waals surface area contributed by atoms with Crippen LogP contribution in [0.25, 0.3) is 33.6 Å². The van der Waals surface area contributed by atoms with E-state index in [9.17, 15) is 0 Å². The average Bonchev–Trinajstić information content (AvgIpc) is 2.69. The topological polar surface area (TPSA) is 25.8 Å². The Bertz CT molecular complexity index is 924. The Morgan fingerprint density at radius 1 is 0.520 bits per heavy atom. The van der Waals surface area contributed by atoms with E-state index in [1.54, 1.807) is 12.4 Å². The van der Waals surface area contributed by atoms with Crippen LogP contribution in [-0.4, -0.2) is 9.97 Å². The summed E-state index contributed by atoms with van der Waals surface area (Å²) in [5.41, 5.74) is 5.66. The second-order valence-corrected chi connectivity index (χ2v) is 6.66. The van der Waals surface area contributed by atoms with E-state index in [2.05, 4.69) is 92.6 Å². The standard InChI is InChI=1S/C22H15BrN2/c23-21-9-7-17(8-10-21)19-13-18(16-5-2-1-3-6-16)14-20(15-19)22-24-11-4-12-25-22/h1-15H. The highest BCUT2D eigenvalue weighted by atomic mass is 79.9. The van der Waals surface area contributed by atoms with Crippen LogP contribution in [-0.2, 0) is 0 Å². The van der Waals surface area contributed by atoms with Crippen molar-refractivity contribution >= 4 is 15.9 Å². The fraction of sp³-hybridized carbons (Fsp3) is 0. The minimum atomic E-state index is 0.735. The summed E-state index contributed by atoms with van der Waals surface area (Å²) in [6, 6.07) is 27.1. The molecule has 0 radical (unpaired) electrons. The van der Waals surface area contributed by atoms with Crippen LogP contribution in [0.2, 0.25) is 0 Å². The molecule has 3 aromatic carbocycles. The second kappa shape index (κ2) is 6.99. The molecule has 0 atom stereocenters. The minimum absolute atomic E-state index is 0.735. The van der Waals surface area contributed by atoms with Crippen molar-refractivity contribution in [1.82, 2.24) is 9.97 Å². The third kappa shape index (κ3) is 3.52. The Balaban J connectivity index is 1.90. The Kier molecular flexibility index (Phi) is 4.40. The van der Waals surface area contributed by atoms with E-state index in [1.807, 2.05) is 12.1 Å². The summed E-state index contributed by atoms with van der Waals surface area (Å²) in [5, 5.41) is 0. The van der Waals surface area contributed by atoms with Gasteiger partial charge in [0.15, 0.2) is 5.82 Å². The molecule has 0 aliphatic rings. The molecule has 1 heterocycles. The normalized spacial score (nSPS) is 10.6. The van der Waals surface area contributed by atoms with Gasteiger partial charge in [-0.2, -0.15) is 0 Å². The first-order valence-corrected chi connectivity index (χ1v) is 8.83. The molecule has 120 valence electrons. The number of nitrogens with zero attached hydrogens (tertiary/aromatic N) is 2. The third-order valence-electron chi connectivity index (χ3n) is 4.04. The smallest absolute Gasteiger partial charge is 0.159 e. The summed E-state index contributed by atoms with van der Waals surface area (Å²) in [4.78, 5) is 8.83. The molecule has 0 N–H and O–H groups in total. The Morgan fingerprint density at radius 2 is 1.08 bits per heavy atom. The van der Waals surface area contributed by atoms with Gasteiger partial charge in [0, 0.05) is 22.4 Å². The molecule has 0 amide bonds. The number of rotatable bonds is 3. The Hall–Kier alpha value is -2.78. The number of aromatic nitrogens is 2. The van der Waals surface area contributed by atoms with Crippen LogP contribution in [0.4, 0.5) is 0 Å². The predicted octanol–water partition coefficient (Wildman–Crippen LogP) is 6.24. The van der Waals surface area contributed by atoms with Crippen molar-refractivity contribution in [1.29, 1.82) is 0 Å². The zero-order valence-corrected chi connectivity index (χ0v) is 15.0. The largest absolute Gasteiger partial charge is 0.237 e. The highest BCUT2D eigenvalue weighted by Crippen LogP contribution is 2.32. The summed E-state index contributed by atoms with van der Waals surface area (Å²) in [5.74, 6) is 0.735. The lowest BCUT2D eigenvalue weighted by atomic mass is 9.96. The second-order valence-electron chi connectivity index (χ2n) is 5.74. The van der Waals surface area contributed by atoms with E-state index in [0.29, 0.717) is 0 Å². The van der Waals surface area contributed by atoms with Crippen LogP contribution in [0.15, 0.2) is 95.7 Å². The van der Waals surface area contributed by atoms with Crippen LogP contribution in [0.5, 0.6) is 0 Å². The van der Waals surface area contributed by atoms with Gasteiger partial charge in [-0.15, -0.1) is 0 Å². The molecule has 0 saturated carbocycles.